The van der Waals surface area contributed by atoms with E-state index in [4.69, 9.17) is 9.47 Å². The van der Waals surface area contributed by atoms with Crippen LogP contribution < -0.4 is 0 Å². The molecule has 0 aromatic carbocycles. The normalized spacial score (nSPS) is 40.8. The topological polar surface area (TPSA) is 55.8 Å². The fourth-order valence-electron chi connectivity index (χ4n) is 4.53. The Bertz CT molecular complexity index is 659. The maximum absolute atomic E-state index is 12.8. The van der Waals surface area contributed by atoms with Gasteiger partial charge in [-0.3, -0.25) is 4.79 Å². The zero-order valence-electron chi connectivity index (χ0n) is 15.9. The Hall–Kier alpha value is -1.39. The van der Waals surface area contributed by atoms with Crippen LogP contribution in [-0.2, 0) is 14.3 Å². The largest absolute Gasteiger partial charge is 0.488 e. The Morgan fingerprint density at radius 3 is 2.72 bits per heavy atom. The minimum atomic E-state index is -1.07. The second-order valence-electron chi connectivity index (χ2n) is 8.14. The van der Waals surface area contributed by atoms with Gasteiger partial charge in [-0.25, -0.2) is 0 Å². The van der Waals surface area contributed by atoms with Crippen molar-refractivity contribution in [2.45, 2.75) is 76.6 Å². The van der Waals surface area contributed by atoms with E-state index in [0.29, 0.717) is 31.4 Å². The van der Waals surface area contributed by atoms with Crippen molar-refractivity contribution in [3.63, 3.8) is 0 Å². The highest BCUT2D eigenvalue weighted by atomic mass is 16.5. The maximum atomic E-state index is 12.8. The fourth-order valence-corrected chi connectivity index (χ4v) is 4.53. The SMILES string of the molecule is C=C(C)[C@@]1(O)CCC2=C3O[C@](C)(CCC2=O)[C@@H](OC)CC/C(C)=C\[C@@H]31. The monoisotopic (exact) mass is 346 g/mol. The number of Topliss-reactive ketones (excluding diaryl/α,β-unsaturated/α-hetero) is 1. The van der Waals surface area contributed by atoms with Crippen LogP contribution in [0.25, 0.3) is 0 Å². The molecule has 0 saturated heterocycles. The average molecular weight is 346 g/mol. The lowest BCUT2D eigenvalue weighted by Gasteiger charge is -2.44. The summed E-state index contributed by atoms with van der Waals surface area (Å²) in [5.41, 5.74) is 1.02. The molecule has 4 heteroatoms. The van der Waals surface area contributed by atoms with Crippen LogP contribution in [0.4, 0.5) is 0 Å². The minimum absolute atomic E-state index is 0.0888. The van der Waals surface area contributed by atoms with Gasteiger partial charge in [0.1, 0.15) is 11.4 Å². The fraction of sp³-hybridized carbons (Fsp3) is 0.667. The molecule has 0 fully saturated rings. The minimum Gasteiger partial charge on any atom is -0.488 e. The first-order valence-electron chi connectivity index (χ1n) is 9.25. The van der Waals surface area contributed by atoms with Crippen LogP contribution >= 0.6 is 0 Å². The third-order valence-corrected chi connectivity index (χ3v) is 6.34. The molecule has 3 rings (SSSR count). The lowest BCUT2D eigenvalue weighted by atomic mass is 9.70. The smallest absolute Gasteiger partial charge is 0.162 e. The van der Waals surface area contributed by atoms with Crippen LogP contribution in [0, 0.1) is 5.92 Å². The van der Waals surface area contributed by atoms with E-state index >= 15 is 0 Å². The van der Waals surface area contributed by atoms with Crippen molar-refractivity contribution in [1.82, 2.24) is 0 Å². The Labute approximate surface area is 150 Å². The van der Waals surface area contributed by atoms with Crippen molar-refractivity contribution in [1.29, 1.82) is 0 Å². The van der Waals surface area contributed by atoms with Crippen molar-refractivity contribution in [2.24, 2.45) is 5.92 Å². The number of carbonyl (C=O) groups excluding carboxylic acids is 1. The molecule has 138 valence electrons. The van der Waals surface area contributed by atoms with Gasteiger partial charge in [0.15, 0.2) is 5.78 Å². The molecule has 3 aliphatic rings. The van der Waals surface area contributed by atoms with Crippen LogP contribution in [0.5, 0.6) is 0 Å². The van der Waals surface area contributed by atoms with Gasteiger partial charge in [0, 0.05) is 19.1 Å². The third-order valence-electron chi connectivity index (χ3n) is 6.34. The second kappa shape index (κ2) is 6.40. The van der Waals surface area contributed by atoms with Crippen LogP contribution in [0.2, 0.25) is 0 Å². The first kappa shape index (κ1) is 18.4. The van der Waals surface area contributed by atoms with Crippen molar-refractivity contribution in [3.05, 3.63) is 35.1 Å². The van der Waals surface area contributed by atoms with E-state index < -0.39 is 11.2 Å². The van der Waals surface area contributed by atoms with Crippen molar-refractivity contribution >= 4 is 5.78 Å². The van der Waals surface area contributed by atoms with Gasteiger partial charge in [-0.05, 0) is 58.4 Å². The molecule has 0 aromatic heterocycles. The summed E-state index contributed by atoms with van der Waals surface area (Å²) in [6, 6.07) is 0. The van der Waals surface area contributed by atoms with Gasteiger partial charge in [-0.15, -0.1) is 0 Å². The summed E-state index contributed by atoms with van der Waals surface area (Å²) in [7, 11) is 1.71. The molecule has 0 unspecified atom stereocenters. The maximum Gasteiger partial charge on any atom is 0.162 e. The Kier molecular flexibility index (Phi) is 4.71. The van der Waals surface area contributed by atoms with Gasteiger partial charge in [0.05, 0.1) is 17.6 Å². The summed E-state index contributed by atoms with van der Waals surface area (Å²) < 4.78 is 12.3. The first-order chi connectivity index (χ1) is 11.7. The number of hydrogen-bond acceptors (Lipinski definition) is 4. The summed E-state index contributed by atoms with van der Waals surface area (Å²) >= 11 is 0. The number of hydrogen-bond donors (Lipinski definition) is 1. The van der Waals surface area contributed by atoms with Crippen molar-refractivity contribution < 1.29 is 19.4 Å². The summed E-state index contributed by atoms with van der Waals surface area (Å²) in [5, 5.41) is 11.4. The lowest BCUT2D eigenvalue weighted by molar-refractivity contribution is -0.121. The number of rotatable bonds is 2. The summed E-state index contributed by atoms with van der Waals surface area (Å²) in [5.74, 6) is 0.435. The van der Waals surface area contributed by atoms with Gasteiger partial charge in [0.2, 0.25) is 0 Å². The van der Waals surface area contributed by atoms with Gasteiger partial charge in [-0.2, -0.15) is 0 Å². The number of ketones is 1. The van der Waals surface area contributed by atoms with Gasteiger partial charge < -0.3 is 14.6 Å². The molecular weight excluding hydrogens is 316 g/mol. The van der Waals surface area contributed by atoms with Gasteiger partial charge in [-0.1, -0.05) is 18.2 Å². The van der Waals surface area contributed by atoms with Crippen molar-refractivity contribution in [2.75, 3.05) is 7.11 Å². The molecule has 0 radical (unpaired) electrons. The molecule has 0 spiro atoms. The van der Waals surface area contributed by atoms with Crippen LogP contribution in [-0.4, -0.2) is 35.3 Å². The molecule has 0 amide bonds. The number of carbonyl (C=O) groups is 1. The average Bonchev–Trinajstić information content (AvgIpc) is 2.64. The predicted octanol–water partition coefficient (Wildman–Crippen LogP) is 3.85. The highest BCUT2D eigenvalue weighted by molar-refractivity contribution is 5.96. The van der Waals surface area contributed by atoms with Gasteiger partial charge in [0.25, 0.3) is 0 Å². The number of ether oxygens (including phenoxy) is 2. The van der Waals surface area contributed by atoms with E-state index in [2.05, 4.69) is 19.6 Å². The molecule has 2 aliphatic heterocycles. The van der Waals surface area contributed by atoms with E-state index in [-0.39, 0.29) is 17.8 Å². The molecular formula is C21H30O4. The molecule has 2 bridgehead atoms. The molecule has 25 heavy (non-hydrogen) atoms. The van der Waals surface area contributed by atoms with E-state index in [1.54, 1.807) is 7.11 Å². The zero-order valence-corrected chi connectivity index (χ0v) is 15.9. The second-order valence-corrected chi connectivity index (χ2v) is 8.14. The first-order valence-corrected chi connectivity index (χ1v) is 9.25. The lowest BCUT2D eigenvalue weighted by Crippen LogP contribution is -2.47. The summed E-state index contributed by atoms with van der Waals surface area (Å²) in [6.45, 7) is 10.0. The molecule has 4 atom stereocenters. The van der Waals surface area contributed by atoms with E-state index in [1.165, 1.54) is 5.57 Å². The molecule has 2 heterocycles. The quantitative estimate of drug-likeness (QED) is 0.772. The van der Waals surface area contributed by atoms with E-state index in [9.17, 15) is 9.90 Å². The summed E-state index contributed by atoms with van der Waals surface area (Å²) in [6.07, 6.45) is 5.87. The van der Waals surface area contributed by atoms with E-state index in [0.717, 1.165) is 24.0 Å². The highest BCUT2D eigenvalue weighted by Crippen LogP contribution is 2.49. The third kappa shape index (κ3) is 3.00. The Balaban J connectivity index is 2.20. The molecule has 0 aromatic rings. The standard InChI is InChI=1S/C21H30O4/c1-13(2)21(23)11-8-15-17(22)9-10-20(4)18(24-5)7-6-14(3)12-16(21)19(15)25-20/h12,16,18,23H,1,6-11H2,2-5H3/b14-12-/t16-,18-,20+,21-/m0/s1. The van der Waals surface area contributed by atoms with Gasteiger partial charge >= 0.3 is 0 Å². The molecule has 1 N–H and O–H groups in total. The zero-order chi connectivity index (χ0) is 18.4. The van der Waals surface area contributed by atoms with Crippen LogP contribution in [0.1, 0.15) is 59.3 Å². The number of fused-ring (bicyclic) bond motifs is 1. The predicted molar refractivity (Wildman–Crippen MR) is 97.0 cm³/mol. The number of allylic oxidation sites excluding steroid dienone is 2. The Morgan fingerprint density at radius 1 is 1.36 bits per heavy atom. The molecule has 4 nitrogen and oxygen atoms in total. The van der Waals surface area contributed by atoms with Crippen molar-refractivity contribution in [3.8, 4) is 0 Å². The number of aliphatic hydroxyl groups is 1. The Morgan fingerprint density at radius 2 is 2.08 bits per heavy atom. The van der Waals surface area contributed by atoms with E-state index in [1.807, 2.05) is 13.8 Å². The number of methoxy groups -OCH3 is 1. The molecule has 0 saturated carbocycles. The summed E-state index contributed by atoms with van der Waals surface area (Å²) in [4.78, 5) is 12.8. The molecule has 1 aliphatic carbocycles. The highest BCUT2D eigenvalue weighted by Gasteiger charge is 2.50. The van der Waals surface area contributed by atoms with Crippen LogP contribution in [0.3, 0.4) is 0 Å². The van der Waals surface area contributed by atoms with Crippen LogP contribution in [0.15, 0.2) is 35.1 Å².